The Kier molecular flexibility index (Phi) is 9.51. The summed E-state index contributed by atoms with van der Waals surface area (Å²) in [5.74, 6) is -0.299. The molecular formula is C29H31F6N5O2. The zero-order valence-corrected chi connectivity index (χ0v) is 22.9. The van der Waals surface area contributed by atoms with Gasteiger partial charge in [0.15, 0.2) is 0 Å². The van der Waals surface area contributed by atoms with Gasteiger partial charge in [-0.1, -0.05) is 35.5 Å². The fraction of sp³-hybridized carbons (Fsp3) is 0.448. The average molecular weight is 596 g/mol. The molecule has 4 rings (SSSR count). The zero-order chi connectivity index (χ0) is 30.5. The number of likely N-dealkylation sites (tertiary alicyclic amines) is 1. The quantitative estimate of drug-likeness (QED) is 0.203. The Hall–Kier alpha value is -3.58. The lowest BCUT2D eigenvalue weighted by molar-refractivity contribution is -0.143. The van der Waals surface area contributed by atoms with Crippen molar-refractivity contribution >= 4 is 12.6 Å². The van der Waals surface area contributed by atoms with Gasteiger partial charge in [-0.15, -0.1) is 5.10 Å². The highest BCUT2D eigenvalue weighted by Gasteiger charge is 2.45. The van der Waals surface area contributed by atoms with Crippen LogP contribution in [-0.4, -0.2) is 52.2 Å². The Labute approximate surface area is 239 Å². The Balaban J connectivity index is 1.64. The summed E-state index contributed by atoms with van der Waals surface area (Å²) in [6.07, 6.45) is -5.71. The molecule has 0 saturated carbocycles. The Morgan fingerprint density at radius 1 is 1.12 bits per heavy atom. The molecule has 0 radical (unpaired) electrons. The number of hydrogen-bond acceptors (Lipinski definition) is 5. The summed E-state index contributed by atoms with van der Waals surface area (Å²) >= 11 is 0. The number of hydrogen-bond donors (Lipinski definition) is 0. The van der Waals surface area contributed by atoms with E-state index in [0.29, 0.717) is 31.6 Å². The fourth-order valence-electron chi connectivity index (χ4n) is 5.41. The molecule has 13 heteroatoms. The first-order chi connectivity index (χ1) is 19.8. The first-order valence-corrected chi connectivity index (χ1v) is 13.4. The third-order valence-corrected chi connectivity index (χ3v) is 7.75. The van der Waals surface area contributed by atoms with E-state index in [4.69, 9.17) is 4.74 Å². The second-order valence-electron chi connectivity index (χ2n) is 10.5. The lowest BCUT2D eigenvalue weighted by Crippen LogP contribution is -2.56. The first-order valence-electron chi connectivity index (χ1n) is 13.4. The van der Waals surface area contributed by atoms with Gasteiger partial charge in [0.25, 0.3) is 5.91 Å². The minimum absolute atomic E-state index is 0.0856. The van der Waals surface area contributed by atoms with E-state index >= 15 is 0 Å². The van der Waals surface area contributed by atoms with Crippen molar-refractivity contribution in [1.29, 1.82) is 0 Å². The van der Waals surface area contributed by atoms with E-state index in [9.17, 15) is 31.1 Å². The summed E-state index contributed by atoms with van der Waals surface area (Å²) in [6.45, 7) is 5.69. The smallest absolute Gasteiger partial charge is 0.372 e. The van der Waals surface area contributed by atoms with Crippen molar-refractivity contribution in [3.05, 3.63) is 83.2 Å². The van der Waals surface area contributed by atoms with E-state index < -0.39 is 41.0 Å². The predicted octanol–water partition coefficient (Wildman–Crippen LogP) is 6.32. The molecule has 0 bridgehead atoms. The topological polar surface area (TPSA) is 72.6 Å². The number of aromatic nitrogens is 3. The monoisotopic (exact) mass is 595 g/mol. The maximum Gasteiger partial charge on any atom is 0.416 e. The Morgan fingerprint density at radius 2 is 1.79 bits per heavy atom. The molecule has 2 heterocycles. The third kappa shape index (κ3) is 7.43. The number of carbonyl (C=O) groups is 1. The van der Waals surface area contributed by atoms with Gasteiger partial charge in [0, 0.05) is 19.3 Å². The number of carbonyl (C=O) groups excluding carboxylic acids is 1. The molecule has 42 heavy (non-hydrogen) atoms. The lowest BCUT2D eigenvalue weighted by Gasteiger charge is -2.50. The number of nitrogens with zero attached hydrogens (tertiary/aromatic N) is 5. The van der Waals surface area contributed by atoms with Gasteiger partial charge < -0.3 is 4.74 Å². The van der Waals surface area contributed by atoms with Crippen molar-refractivity contribution in [3.8, 4) is 0 Å². The van der Waals surface area contributed by atoms with Crippen LogP contribution in [-0.2, 0) is 34.0 Å². The van der Waals surface area contributed by atoms with Crippen LogP contribution in [0.4, 0.5) is 26.3 Å². The van der Waals surface area contributed by atoms with Crippen LogP contribution < -0.4 is 0 Å². The largest absolute Gasteiger partial charge is 0.416 e. The number of amides is 1. The molecule has 1 aliphatic rings. The van der Waals surface area contributed by atoms with Crippen molar-refractivity contribution in [1.82, 2.24) is 19.9 Å². The molecule has 1 aliphatic heterocycles. The van der Waals surface area contributed by atoms with Gasteiger partial charge >= 0.3 is 12.4 Å². The van der Waals surface area contributed by atoms with Crippen LogP contribution in [0.25, 0.3) is 0 Å². The van der Waals surface area contributed by atoms with Crippen LogP contribution >= 0.6 is 0 Å². The van der Waals surface area contributed by atoms with Gasteiger partial charge in [-0.3, -0.25) is 14.4 Å². The van der Waals surface area contributed by atoms with Crippen molar-refractivity contribution in [3.63, 3.8) is 0 Å². The number of ether oxygens (including phenoxy) is 1. The SMILES string of the molecule is C=NC(=O)CN1C[C@@H](CCn2ccnn2)CC[C@@]1(CO[C@H](C)c1cc(C(F)(F)F)cc(C(F)(F)F)c1)c1ccccc1. The van der Waals surface area contributed by atoms with Gasteiger partial charge in [-0.2, -0.15) is 26.3 Å². The Bertz CT molecular complexity index is 1310. The highest BCUT2D eigenvalue weighted by molar-refractivity contribution is 5.82. The number of benzene rings is 2. The summed E-state index contributed by atoms with van der Waals surface area (Å²) in [5.41, 5.74) is -3.15. The Morgan fingerprint density at radius 3 is 2.36 bits per heavy atom. The molecule has 0 N–H and O–H groups in total. The molecule has 7 nitrogen and oxygen atoms in total. The number of aryl methyl sites for hydroxylation is 1. The molecular weight excluding hydrogens is 564 g/mol. The van der Waals surface area contributed by atoms with Crippen LogP contribution in [0.2, 0.25) is 0 Å². The van der Waals surface area contributed by atoms with Crippen LogP contribution in [0.5, 0.6) is 0 Å². The van der Waals surface area contributed by atoms with Crippen molar-refractivity contribution < 1.29 is 35.9 Å². The summed E-state index contributed by atoms with van der Waals surface area (Å²) in [7, 11) is 0. The molecule has 1 saturated heterocycles. The molecule has 2 aromatic carbocycles. The van der Waals surface area contributed by atoms with E-state index in [1.54, 1.807) is 17.1 Å². The molecule has 1 amide bonds. The van der Waals surface area contributed by atoms with Crippen LogP contribution in [0.3, 0.4) is 0 Å². The van der Waals surface area contributed by atoms with Crippen LogP contribution in [0, 0.1) is 5.92 Å². The number of aliphatic imine (C=N–C) groups is 1. The highest BCUT2D eigenvalue weighted by Crippen LogP contribution is 2.43. The number of piperidine rings is 1. The number of halogens is 6. The van der Waals surface area contributed by atoms with Gasteiger partial charge in [0.1, 0.15) is 0 Å². The second kappa shape index (κ2) is 12.7. The first kappa shape index (κ1) is 31.4. The van der Waals surface area contributed by atoms with Crippen molar-refractivity contribution in [2.75, 3.05) is 19.7 Å². The van der Waals surface area contributed by atoms with Crippen molar-refractivity contribution in [2.24, 2.45) is 10.9 Å². The standard InChI is InChI=1S/C29H31F6N5O2/c1-20(22-14-24(28(30,31)32)16-25(15-22)29(33,34)35)42-19-27(23-6-4-3-5-7-23)10-8-21(9-12-40-13-11-37-38-40)17-39(27)18-26(41)36-2/h3-7,11,13-16,20-21H,2,8-10,12,17-19H2,1H3/t20-,21-,27-/m1/s1. The lowest BCUT2D eigenvalue weighted by atomic mass is 9.76. The maximum atomic E-state index is 13.5. The molecule has 0 aliphatic carbocycles. The highest BCUT2D eigenvalue weighted by atomic mass is 19.4. The van der Waals surface area contributed by atoms with E-state index in [1.165, 1.54) is 6.92 Å². The van der Waals surface area contributed by atoms with E-state index in [1.807, 2.05) is 35.2 Å². The number of rotatable bonds is 10. The van der Waals surface area contributed by atoms with Gasteiger partial charge in [-0.25, -0.2) is 4.99 Å². The maximum absolute atomic E-state index is 13.5. The minimum Gasteiger partial charge on any atom is -0.372 e. The molecule has 0 spiro atoms. The second-order valence-corrected chi connectivity index (χ2v) is 10.5. The van der Waals surface area contributed by atoms with E-state index in [-0.39, 0.29) is 30.7 Å². The molecule has 1 fully saturated rings. The van der Waals surface area contributed by atoms with Gasteiger partial charge in [-0.05, 0) is 68.1 Å². The van der Waals surface area contributed by atoms with Crippen LogP contribution in [0.1, 0.15) is 54.5 Å². The van der Waals surface area contributed by atoms with Gasteiger partial charge in [0.05, 0.1) is 42.1 Å². The van der Waals surface area contributed by atoms with Crippen molar-refractivity contribution in [2.45, 2.75) is 56.7 Å². The molecule has 226 valence electrons. The normalized spacial score (nSPS) is 20.8. The molecule has 3 atom stereocenters. The predicted molar refractivity (Wildman–Crippen MR) is 142 cm³/mol. The molecule has 3 aromatic rings. The average Bonchev–Trinajstić information content (AvgIpc) is 3.48. The number of alkyl halides is 6. The van der Waals surface area contributed by atoms with E-state index in [2.05, 4.69) is 22.0 Å². The molecule has 0 unspecified atom stereocenters. The fourth-order valence-corrected chi connectivity index (χ4v) is 5.41. The zero-order valence-electron chi connectivity index (χ0n) is 22.9. The van der Waals surface area contributed by atoms with Gasteiger partial charge in [0.2, 0.25) is 0 Å². The summed E-state index contributed by atoms with van der Waals surface area (Å²) in [5, 5.41) is 7.81. The minimum atomic E-state index is -4.97. The summed E-state index contributed by atoms with van der Waals surface area (Å²) in [4.78, 5) is 18.0. The summed E-state index contributed by atoms with van der Waals surface area (Å²) < 4.78 is 88.7. The third-order valence-electron chi connectivity index (χ3n) is 7.75. The summed E-state index contributed by atoms with van der Waals surface area (Å²) in [6, 6.07) is 10.7. The van der Waals surface area contributed by atoms with Crippen LogP contribution in [0.15, 0.2) is 65.9 Å². The molecule has 1 aromatic heterocycles. The van der Waals surface area contributed by atoms with E-state index in [0.717, 1.165) is 18.4 Å².